The molecule has 0 saturated heterocycles. The molecule has 84 valence electrons. The van der Waals surface area contributed by atoms with Crippen LogP contribution in [0.15, 0.2) is 18.2 Å². The van der Waals surface area contributed by atoms with Crippen LogP contribution in [-0.4, -0.2) is 13.1 Å². The van der Waals surface area contributed by atoms with E-state index in [0.29, 0.717) is 0 Å². The average Bonchev–Trinajstić information content (AvgIpc) is 2.19. The average molecular weight is 254 g/mol. The minimum Gasteiger partial charge on any atom is -0.468 e. The summed E-state index contributed by atoms with van der Waals surface area (Å²) in [5.74, 6) is -1.15. The zero-order valence-corrected chi connectivity index (χ0v) is 9.44. The van der Waals surface area contributed by atoms with Gasteiger partial charge in [0.1, 0.15) is 11.9 Å². The number of nitrogens with two attached hydrogens (primary N) is 1. The zero-order chi connectivity index (χ0) is 10.7. The monoisotopic (exact) mass is 253 g/mol. The number of rotatable bonds is 2. The summed E-state index contributed by atoms with van der Waals surface area (Å²) in [6.45, 7) is 0. The quantitative estimate of drug-likeness (QED) is 0.822. The highest BCUT2D eigenvalue weighted by Crippen LogP contribution is 2.23. The molecule has 1 aromatic rings. The van der Waals surface area contributed by atoms with Crippen LogP contribution in [0.1, 0.15) is 11.6 Å². The van der Waals surface area contributed by atoms with Gasteiger partial charge in [0.2, 0.25) is 0 Å². The fourth-order valence-electron chi connectivity index (χ4n) is 1.01. The number of hydrogen-bond donors (Lipinski definition) is 1. The summed E-state index contributed by atoms with van der Waals surface area (Å²) in [6.07, 6.45) is 0. The molecule has 0 heterocycles. The first kappa shape index (κ1) is 14.2. The van der Waals surface area contributed by atoms with Gasteiger partial charge in [0.25, 0.3) is 0 Å². The molecule has 0 bridgehead atoms. The van der Waals surface area contributed by atoms with Gasteiger partial charge >= 0.3 is 5.97 Å². The van der Waals surface area contributed by atoms with Crippen LogP contribution in [0.5, 0.6) is 0 Å². The molecule has 1 unspecified atom stereocenters. The van der Waals surface area contributed by atoms with Gasteiger partial charge in [-0.15, -0.1) is 12.4 Å². The predicted octanol–water partition coefficient (Wildman–Crippen LogP) is 2.07. The number of halogens is 3. The smallest absolute Gasteiger partial charge is 0.327 e. The largest absolute Gasteiger partial charge is 0.468 e. The molecule has 0 radical (unpaired) electrons. The molecule has 0 aliphatic carbocycles. The summed E-state index contributed by atoms with van der Waals surface area (Å²) in [6, 6.07) is 2.60. The Morgan fingerprint density at radius 2 is 2.20 bits per heavy atom. The number of ether oxygens (including phenoxy) is 1. The summed E-state index contributed by atoms with van der Waals surface area (Å²) >= 11 is 5.74. The van der Waals surface area contributed by atoms with Gasteiger partial charge in [-0.05, 0) is 18.2 Å². The fourth-order valence-corrected chi connectivity index (χ4v) is 1.24. The summed E-state index contributed by atoms with van der Waals surface area (Å²) in [5, 5.41) is 0.240. The van der Waals surface area contributed by atoms with E-state index in [1.165, 1.54) is 19.2 Å². The van der Waals surface area contributed by atoms with Crippen LogP contribution in [-0.2, 0) is 9.53 Å². The molecule has 0 fully saturated rings. The first-order valence-corrected chi connectivity index (χ1v) is 4.22. The van der Waals surface area contributed by atoms with Crippen LogP contribution in [0.3, 0.4) is 0 Å². The van der Waals surface area contributed by atoms with Gasteiger partial charge in [-0.3, -0.25) is 4.79 Å². The molecule has 1 atom stereocenters. The van der Waals surface area contributed by atoms with E-state index in [0.717, 1.165) is 6.07 Å². The van der Waals surface area contributed by atoms with Crippen molar-refractivity contribution in [1.82, 2.24) is 0 Å². The van der Waals surface area contributed by atoms with Crippen molar-refractivity contribution in [2.75, 3.05) is 7.11 Å². The van der Waals surface area contributed by atoms with Crippen LogP contribution >= 0.6 is 24.0 Å². The summed E-state index contributed by atoms with van der Waals surface area (Å²) in [4.78, 5) is 11.0. The van der Waals surface area contributed by atoms with Crippen LogP contribution in [0, 0.1) is 5.82 Å². The zero-order valence-electron chi connectivity index (χ0n) is 7.87. The van der Waals surface area contributed by atoms with Crippen molar-refractivity contribution in [3.63, 3.8) is 0 Å². The van der Waals surface area contributed by atoms with Gasteiger partial charge < -0.3 is 10.5 Å². The first-order chi connectivity index (χ1) is 6.56. The minimum atomic E-state index is -1.05. The summed E-state index contributed by atoms with van der Waals surface area (Å²) in [5.41, 5.74) is 5.71. The lowest BCUT2D eigenvalue weighted by molar-refractivity contribution is -0.142. The van der Waals surface area contributed by atoms with Crippen molar-refractivity contribution < 1.29 is 13.9 Å². The highest BCUT2D eigenvalue weighted by molar-refractivity contribution is 6.31. The third kappa shape index (κ3) is 3.34. The van der Waals surface area contributed by atoms with Crippen molar-refractivity contribution in [3.8, 4) is 0 Å². The maximum Gasteiger partial charge on any atom is 0.327 e. The third-order valence-electron chi connectivity index (χ3n) is 1.75. The van der Waals surface area contributed by atoms with Crippen molar-refractivity contribution in [1.29, 1.82) is 0 Å². The first-order valence-electron chi connectivity index (χ1n) is 3.84. The van der Waals surface area contributed by atoms with Gasteiger partial charge in [0.15, 0.2) is 0 Å². The highest BCUT2D eigenvalue weighted by Gasteiger charge is 2.19. The molecule has 6 heteroatoms. The van der Waals surface area contributed by atoms with Gasteiger partial charge in [0.05, 0.1) is 7.11 Å². The SMILES string of the molecule is COC(=O)C(N)c1cc(F)ccc1Cl.Cl. The van der Waals surface area contributed by atoms with E-state index in [2.05, 4.69) is 4.74 Å². The van der Waals surface area contributed by atoms with Crippen LogP contribution in [0.4, 0.5) is 4.39 Å². The lowest BCUT2D eigenvalue weighted by atomic mass is 10.1. The molecular formula is C9H10Cl2FNO2. The topological polar surface area (TPSA) is 52.3 Å². The van der Waals surface area contributed by atoms with E-state index >= 15 is 0 Å². The van der Waals surface area contributed by atoms with E-state index in [-0.39, 0.29) is 23.0 Å². The molecule has 0 amide bonds. The Labute approximate surface area is 97.8 Å². The van der Waals surface area contributed by atoms with Gasteiger partial charge in [0, 0.05) is 10.6 Å². The van der Waals surface area contributed by atoms with Crippen molar-refractivity contribution in [3.05, 3.63) is 34.6 Å². The van der Waals surface area contributed by atoms with Crippen molar-refractivity contribution in [2.45, 2.75) is 6.04 Å². The number of hydrogen-bond acceptors (Lipinski definition) is 3. The van der Waals surface area contributed by atoms with Gasteiger partial charge in [-0.25, -0.2) is 4.39 Å². The van der Waals surface area contributed by atoms with Crippen LogP contribution < -0.4 is 5.73 Å². The lowest BCUT2D eigenvalue weighted by Crippen LogP contribution is -2.23. The van der Waals surface area contributed by atoms with E-state index < -0.39 is 17.8 Å². The van der Waals surface area contributed by atoms with Gasteiger partial charge in [-0.2, -0.15) is 0 Å². The summed E-state index contributed by atoms with van der Waals surface area (Å²) in [7, 11) is 1.20. The molecule has 1 aromatic carbocycles. The van der Waals surface area contributed by atoms with Crippen LogP contribution in [0.25, 0.3) is 0 Å². The molecule has 15 heavy (non-hydrogen) atoms. The molecule has 0 aliphatic heterocycles. The number of esters is 1. The summed E-state index contributed by atoms with van der Waals surface area (Å²) < 4.78 is 17.2. The second-order valence-electron chi connectivity index (χ2n) is 2.67. The standard InChI is InChI=1S/C9H9ClFNO2.ClH/c1-14-9(13)8(12)6-4-5(11)2-3-7(6)10;/h2-4,8H,12H2,1H3;1H. The molecule has 0 saturated carbocycles. The molecular weight excluding hydrogens is 244 g/mol. The van der Waals surface area contributed by atoms with E-state index in [1.54, 1.807) is 0 Å². The molecule has 3 nitrogen and oxygen atoms in total. The Bertz CT molecular complexity index is 360. The van der Waals surface area contributed by atoms with Crippen molar-refractivity contribution in [2.24, 2.45) is 5.73 Å². The Morgan fingerprint density at radius 3 is 2.73 bits per heavy atom. The maximum atomic E-state index is 12.8. The third-order valence-corrected chi connectivity index (χ3v) is 2.09. The number of carbonyl (C=O) groups excluding carboxylic acids is 1. The maximum absolute atomic E-state index is 12.8. The van der Waals surface area contributed by atoms with E-state index in [4.69, 9.17) is 17.3 Å². The number of carbonyl (C=O) groups is 1. The predicted molar refractivity (Wildman–Crippen MR) is 57.6 cm³/mol. The number of methoxy groups -OCH3 is 1. The second kappa shape index (κ2) is 5.90. The Morgan fingerprint density at radius 1 is 1.60 bits per heavy atom. The Balaban J connectivity index is 0.00000196. The van der Waals surface area contributed by atoms with E-state index in [9.17, 15) is 9.18 Å². The fraction of sp³-hybridized carbons (Fsp3) is 0.222. The molecule has 0 aromatic heterocycles. The van der Waals surface area contributed by atoms with Gasteiger partial charge in [-0.1, -0.05) is 11.6 Å². The number of benzene rings is 1. The molecule has 2 N–H and O–H groups in total. The normalized spacial score (nSPS) is 11.5. The molecule has 1 rings (SSSR count). The molecule has 0 aliphatic rings. The van der Waals surface area contributed by atoms with Crippen molar-refractivity contribution >= 4 is 30.0 Å². The Hall–Kier alpha value is -0.840. The Kier molecular flexibility index (Phi) is 5.57. The minimum absolute atomic E-state index is 0. The molecule has 0 spiro atoms. The highest BCUT2D eigenvalue weighted by atomic mass is 35.5. The lowest BCUT2D eigenvalue weighted by Gasteiger charge is -2.10. The van der Waals surface area contributed by atoms with Crippen LogP contribution in [0.2, 0.25) is 5.02 Å². The second-order valence-corrected chi connectivity index (χ2v) is 3.07. The van der Waals surface area contributed by atoms with E-state index in [1.807, 2.05) is 0 Å².